The number of halogens is 1. The zero-order valence-corrected chi connectivity index (χ0v) is 16.8. The molecule has 1 aromatic heterocycles. The lowest BCUT2D eigenvalue weighted by atomic mass is 10.0. The summed E-state index contributed by atoms with van der Waals surface area (Å²) >= 11 is 6.26. The first-order chi connectivity index (χ1) is 14.4. The van der Waals surface area contributed by atoms with Crippen LogP contribution in [0.1, 0.15) is 18.6 Å². The van der Waals surface area contributed by atoms with Crippen molar-refractivity contribution in [3.8, 4) is 11.5 Å². The number of pyridine rings is 1. The molecule has 1 unspecified atom stereocenters. The van der Waals surface area contributed by atoms with Crippen molar-refractivity contribution in [3.63, 3.8) is 0 Å². The highest BCUT2D eigenvalue weighted by molar-refractivity contribution is 6.30. The van der Waals surface area contributed by atoms with Crippen molar-refractivity contribution >= 4 is 40.6 Å². The third-order valence-corrected chi connectivity index (χ3v) is 4.55. The summed E-state index contributed by atoms with van der Waals surface area (Å²) in [5.74, 6) is 0.222. The number of aromatic nitrogens is 1. The Kier molecular flexibility index (Phi) is 6.66. The fourth-order valence-electron chi connectivity index (χ4n) is 2.79. The second-order valence-electron chi connectivity index (χ2n) is 6.24. The van der Waals surface area contributed by atoms with Gasteiger partial charge in [-0.15, -0.1) is 0 Å². The number of aliphatic hydroxyl groups is 1. The number of ether oxygens (including phenoxy) is 2. The van der Waals surface area contributed by atoms with Crippen molar-refractivity contribution in [2.75, 3.05) is 11.9 Å². The molecular formula is C22H19ClN2O5. The highest BCUT2D eigenvalue weighted by atomic mass is 35.5. The molecule has 0 fully saturated rings. The lowest BCUT2D eigenvalue weighted by Crippen LogP contribution is -2.14. The molecule has 0 spiro atoms. The van der Waals surface area contributed by atoms with E-state index in [-0.39, 0.29) is 22.9 Å². The minimum Gasteiger partial charge on any atom is -0.463 e. The maximum atomic E-state index is 11.9. The van der Waals surface area contributed by atoms with Crippen LogP contribution in [0.15, 0.2) is 60.7 Å². The van der Waals surface area contributed by atoms with Crippen LogP contribution in [0.25, 0.3) is 10.9 Å². The predicted octanol–water partition coefficient (Wildman–Crippen LogP) is 4.40. The standard InChI is InChI=1S/C22H19ClN2O5/c1-3-29-22(28)13(2)20(27)16-9-14-10-18(24-12-26)19(11-17(14)25-21(16)23)30-15-7-5-4-6-8-15/h4-12,20,27H,2-3H2,1H3,(H,24,26). The number of fused-ring (bicyclic) bond motifs is 1. The second-order valence-corrected chi connectivity index (χ2v) is 6.59. The zero-order chi connectivity index (χ0) is 21.7. The van der Waals surface area contributed by atoms with Gasteiger partial charge in [-0.25, -0.2) is 9.78 Å². The van der Waals surface area contributed by atoms with Crippen LogP contribution in [0.2, 0.25) is 5.15 Å². The molecule has 2 aromatic carbocycles. The van der Waals surface area contributed by atoms with E-state index < -0.39 is 12.1 Å². The van der Waals surface area contributed by atoms with Gasteiger partial charge in [-0.1, -0.05) is 36.4 Å². The highest BCUT2D eigenvalue weighted by Crippen LogP contribution is 2.36. The van der Waals surface area contributed by atoms with Gasteiger partial charge in [0.05, 0.1) is 23.4 Å². The van der Waals surface area contributed by atoms with Crippen LogP contribution in [0.3, 0.4) is 0 Å². The van der Waals surface area contributed by atoms with Gasteiger partial charge < -0.3 is 19.9 Å². The number of anilines is 1. The Labute approximate surface area is 177 Å². The lowest BCUT2D eigenvalue weighted by Gasteiger charge is -2.16. The molecule has 0 radical (unpaired) electrons. The lowest BCUT2D eigenvalue weighted by molar-refractivity contribution is -0.139. The molecule has 0 aliphatic heterocycles. The average Bonchev–Trinajstić information content (AvgIpc) is 2.74. The zero-order valence-electron chi connectivity index (χ0n) is 16.1. The van der Waals surface area contributed by atoms with Crippen LogP contribution in [-0.2, 0) is 14.3 Å². The molecule has 3 rings (SSSR count). The summed E-state index contributed by atoms with van der Waals surface area (Å²) in [6, 6.07) is 13.9. The molecule has 154 valence electrons. The summed E-state index contributed by atoms with van der Waals surface area (Å²) in [4.78, 5) is 27.2. The Bertz CT molecular complexity index is 1100. The van der Waals surface area contributed by atoms with E-state index in [0.29, 0.717) is 34.5 Å². The molecule has 1 atom stereocenters. The largest absolute Gasteiger partial charge is 0.463 e. The Morgan fingerprint density at radius 3 is 2.70 bits per heavy atom. The quantitative estimate of drug-likeness (QED) is 0.240. The summed E-state index contributed by atoms with van der Waals surface area (Å²) < 4.78 is 10.7. The fourth-order valence-corrected chi connectivity index (χ4v) is 3.04. The Morgan fingerprint density at radius 1 is 1.30 bits per heavy atom. The molecular weight excluding hydrogens is 408 g/mol. The van der Waals surface area contributed by atoms with E-state index in [2.05, 4.69) is 16.9 Å². The van der Waals surface area contributed by atoms with E-state index in [1.165, 1.54) is 0 Å². The van der Waals surface area contributed by atoms with Crippen LogP contribution in [0.4, 0.5) is 5.69 Å². The fraction of sp³-hybridized carbons (Fsp3) is 0.136. The van der Waals surface area contributed by atoms with Crippen molar-refractivity contribution in [1.82, 2.24) is 4.98 Å². The first-order valence-corrected chi connectivity index (χ1v) is 9.43. The molecule has 0 saturated carbocycles. The van der Waals surface area contributed by atoms with Crippen LogP contribution in [-0.4, -0.2) is 29.1 Å². The van der Waals surface area contributed by atoms with Crippen LogP contribution in [0.5, 0.6) is 11.5 Å². The summed E-state index contributed by atoms with van der Waals surface area (Å²) in [5.41, 5.74) is 0.904. The number of aliphatic hydroxyl groups excluding tert-OH is 1. The maximum Gasteiger partial charge on any atom is 0.336 e. The smallest absolute Gasteiger partial charge is 0.336 e. The molecule has 7 nitrogen and oxygen atoms in total. The van der Waals surface area contributed by atoms with Crippen LogP contribution >= 0.6 is 11.6 Å². The molecule has 30 heavy (non-hydrogen) atoms. The number of para-hydroxylation sites is 1. The third-order valence-electron chi connectivity index (χ3n) is 4.24. The Hall–Kier alpha value is -3.42. The monoisotopic (exact) mass is 426 g/mol. The van der Waals surface area contributed by atoms with Gasteiger partial charge in [0.2, 0.25) is 6.41 Å². The number of nitrogens with one attached hydrogen (secondary N) is 1. The molecule has 3 aromatic rings. The first-order valence-electron chi connectivity index (χ1n) is 9.05. The van der Waals surface area contributed by atoms with E-state index in [9.17, 15) is 14.7 Å². The van der Waals surface area contributed by atoms with Crippen LogP contribution in [0, 0.1) is 0 Å². The van der Waals surface area contributed by atoms with Gasteiger partial charge >= 0.3 is 5.97 Å². The normalized spacial score (nSPS) is 11.6. The minimum atomic E-state index is -1.39. The number of esters is 1. The summed E-state index contributed by atoms with van der Waals surface area (Å²) in [6.45, 7) is 5.39. The number of amides is 1. The van der Waals surface area contributed by atoms with Crippen molar-refractivity contribution in [2.24, 2.45) is 0 Å². The summed E-state index contributed by atoms with van der Waals surface area (Å²) in [5, 5.41) is 13.7. The molecule has 0 aliphatic carbocycles. The van der Waals surface area contributed by atoms with Crippen molar-refractivity contribution < 1.29 is 24.2 Å². The molecule has 1 amide bonds. The van der Waals surface area contributed by atoms with Gasteiger partial charge in [-0.2, -0.15) is 0 Å². The minimum absolute atomic E-state index is 0.00204. The average molecular weight is 427 g/mol. The van der Waals surface area contributed by atoms with E-state index in [4.69, 9.17) is 21.1 Å². The maximum absolute atomic E-state index is 11.9. The molecule has 0 bridgehead atoms. The highest BCUT2D eigenvalue weighted by Gasteiger charge is 2.23. The van der Waals surface area contributed by atoms with Gasteiger partial charge in [-0.05, 0) is 31.2 Å². The molecule has 0 aliphatic rings. The Morgan fingerprint density at radius 2 is 2.03 bits per heavy atom. The summed E-state index contributed by atoms with van der Waals surface area (Å²) in [6.07, 6.45) is -0.864. The van der Waals surface area contributed by atoms with Crippen molar-refractivity contribution in [3.05, 3.63) is 71.4 Å². The number of rotatable bonds is 8. The van der Waals surface area contributed by atoms with Gasteiger partial charge in [0.15, 0.2) is 5.75 Å². The van der Waals surface area contributed by atoms with Gasteiger partial charge in [0.1, 0.15) is 17.0 Å². The van der Waals surface area contributed by atoms with Crippen LogP contribution < -0.4 is 10.1 Å². The summed E-state index contributed by atoms with van der Waals surface area (Å²) in [7, 11) is 0. The van der Waals surface area contributed by atoms with Crippen molar-refractivity contribution in [2.45, 2.75) is 13.0 Å². The number of hydrogen-bond acceptors (Lipinski definition) is 6. The number of hydrogen-bond donors (Lipinski definition) is 2. The third kappa shape index (κ3) is 4.59. The second kappa shape index (κ2) is 9.39. The van der Waals surface area contributed by atoms with E-state index in [1.54, 1.807) is 37.3 Å². The Balaban J connectivity index is 2.03. The van der Waals surface area contributed by atoms with Gasteiger partial charge in [-0.3, -0.25) is 4.79 Å². The van der Waals surface area contributed by atoms with E-state index >= 15 is 0 Å². The molecule has 1 heterocycles. The van der Waals surface area contributed by atoms with E-state index in [1.807, 2.05) is 18.2 Å². The molecule has 2 N–H and O–H groups in total. The van der Waals surface area contributed by atoms with Gasteiger partial charge in [0.25, 0.3) is 0 Å². The molecule has 8 heteroatoms. The number of benzene rings is 2. The number of nitrogens with zero attached hydrogens (tertiary/aromatic N) is 1. The van der Waals surface area contributed by atoms with E-state index in [0.717, 1.165) is 0 Å². The number of carbonyl (C=O) groups is 2. The number of carbonyl (C=O) groups excluding carboxylic acids is 2. The predicted molar refractivity (Wildman–Crippen MR) is 114 cm³/mol. The topological polar surface area (TPSA) is 97.8 Å². The first kappa shape index (κ1) is 21.3. The molecule has 0 saturated heterocycles. The SMILES string of the molecule is C=C(C(=O)OCC)C(O)c1cc2cc(NC=O)c(Oc3ccccc3)cc2nc1Cl. The van der Waals surface area contributed by atoms with Crippen molar-refractivity contribution in [1.29, 1.82) is 0 Å². The van der Waals surface area contributed by atoms with Gasteiger partial charge in [0, 0.05) is 17.0 Å².